The highest BCUT2D eigenvalue weighted by Crippen LogP contribution is 2.24. The van der Waals surface area contributed by atoms with Gasteiger partial charge in [-0.3, -0.25) is 4.79 Å². The van der Waals surface area contributed by atoms with Gasteiger partial charge in [0, 0.05) is 12.1 Å². The summed E-state index contributed by atoms with van der Waals surface area (Å²) in [6, 6.07) is 7.17. The minimum atomic E-state index is -0.212. The fraction of sp³-hybridized carbons (Fsp3) is 0.471. The molecule has 0 saturated heterocycles. The Morgan fingerprint density at radius 1 is 1.35 bits per heavy atom. The summed E-state index contributed by atoms with van der Waals surface area (Å²) in [6.07, 6.45) is 0. The maximum Gasteiger partial charge on any atom is 0.252 e. The molecule has 0 aliphatic rings. The molecule has 0 spiro atoms. The van der Waals surface area contributed by atoms with E-state index in [9.17, 15) is 4.79 Å². The van der Waals surface area contributed by atoms with Gasteiger partial charge in [0.15, 0.2) is 0 Å². The van der Waals surface area contributed by atoms with E-state index in [0.717, 1.165) is 0 Å². The Bertz CT molecular complexity index is 521. The van der Waals surface area contributed by atoms with Crippen LogP contribution >= 0.6 is 0 Å². The normalized spacial score (nSPS) is 10.9. The lowest BCUT2D eigenvalue weighted by atomic mass is 9.81. The molecule has 2 N–H and O–H groups in total. The molecule has 3 nitrogen and oxygen atoms in total. The number of rotatable bonds is 4. The van der Waals surface area contributed by atoms with Gasteiger partial charge < -0.3 is 10.4 Å². The highest BCUT2D eigenvalue weighted by molar-refractivity contribution is 5.96. The number of hydrogen-bond acceptors (Lipinski definition) is 2. The molecule has 0 aliphatic carbocycles. The van der Waals surface area contributed by atoms with E-state index < -0.39 is 0 Å². The Hall–Kier alpha value is -1.79. The zero-order valence-electron chi connectivity index (χ0n) is 12.7. The Labute approximate surface area is 121 Å². The van der Waals surface area contributed by atoms with Crippen LogP contribution in [0.25, 0.3) is 0 Å². The van der Waals surface area contributed by atoms with E-state index in [0.29, 0.717) is 23.6 Å². The first-order valence-electron chi connectivity index (χ1n) is 6.85. The van der Waals surface area contributed by atoms with Crippen molar-refractivity contribution < 1.29 is 9.90 Å². The third kappa shape index (κ3) is 4.40. The summed E-state index contributed by atoms with van der Waals surface area (Å²) in [5.41, 5.74) is 1.23. The molecule has 1 aromatic rings. The monoisotopic (exact) mass is 273 g/mol. The second-order valence-corrected chi connectivity index (χ2v) is 5.83. The van der Waals surface area contributed by atoms with Crippen molar-refractivity contribution in [2.24, 2.45) is 11.3 Å². The van der Waals surface area contributed by atoms with E-state index in [1.54, 1.807) is 12.1 Å². The molecule has 0 atom stereocenters. The lowest BCUT2D eigenvalue weighted by Crippen LogP contribution is -2.37. The van der Waals surface area contributed by atoms with Crippen molar-refractivity contribution in [1.29, 1.82) is 0 Å². The van der Waals surface area contributed by atoms with Gasteiger partial charge >= 0.3 is 0 Å². The third-order valence-corrected chi connectivity index (χ3v) is 3.74. The predicted octanol–water partition coefficient (Wildman–Crippen LogP) is 2.44. The standard InChI is InChI=1S/C17H23NO2/c1-13(2)17(3,4)12-18-16(20)15-10-6-5-8-14(15)9-7-11-19/h5-6,8,10,13,19H,11-12H2,1-4H3,(H,18,20). The summed E-state index contributed by atoms with van der Waals surface area (Å²) in [7, 11) is 0. The zero-order valence-corrected chi connectivity index (χ0v) is 12.7. The molecule has 3 heteroatoms. The molecule has 0 heterocycles. The van der Waals surface area contributed by atoms with E-state index in [4.69, 9.17) is 5.11 Å². The van der Waals surface area contributed by atoms with Crippen LogP contribution in [0.15, 0.2) is 24.3 Å². The van der Waals surface area contributed by atoms with Crippen LogP contribution in [0.3, 0.4) is 0 Å². The van der Waals surface area contributed by atoms with E-state index in [1.807, 2.05) is 12.1 Å². The molecule has 0 radical (unpaired) electrons. The third-order valence-electron chi connectivity index (χ3n) is 3.74. The highest BCUT2D eigenvalue weighted by Gasteiger charge is 2.23. The summed E-state index contributed by atoms with van der Waals surface area (Å²) >= 11 is 0. The summed E-state index contributed by atoms with van der Waals surface area (Å²) in [4.78, 5) is 12.3. The first-order chi connectivity index (χ1) is 9.38. The molecule has 108 valence electrons. The Kier molecular flexibility index (Phi) is 5.79. The van der Waals surface area contributed by atoms with Crippen LogP contribution in [-0.4, -0.2) is 24.2 Å². The SMILES string of the molecule is CC(C)C(C)(C)CNC(=O)c1ccccc1C#CCO. The molecule has 1 amide bonds. The first kappa shape index (κ1) is 16.3. The quantitative estimate of drug-likeness (QED) is 0.828. The first-order valence-corrected chi connectivity index (χ1v) is 6.85. The Morgan fingerprint density at radius 2 is 2.00 bits per heavy atom. The van der Waals surface area contributed by atoms with Crippen LogP contribution in [0.4, 0.5) is 0 Å². The molecule has 0 aliphatic heterocycles. The van der Waals surface area contributed by atoms with Gasteiger partial charge in [-0.05, 0) is 23.5 Å². The Morgan fingerprint density at radius 3 is 2.60 bits per heavy atom. The van der Waals surface area contributed by atoms with Gasteiger partial charge in [0.25, 0.3) is 5.91 Å². The maximum atomic E-state index is 12.3. The minimum Gasteiger partial charge on any atom is -0.384 e. The number of carbonyl (C=O) groups is 1. The number of carbonyl (C=O) groups excluding carboxylic acids is 1. The average molecular weight is 273 g/mol. The predicted molar refractivity (Wildman–Crippen MR) is 81.4 cm³/mol. The number of benzene rings is 1. The molecule has 20 heavy (non-hydrogen) atoms. The minimum absolute atomic E-state index is 0.0430. The molecular weight excluding hydrogens is 250 g/mol. The van der Waals surface area contributed by atoms with Gasteiger partial charge in [0.1, 0.15) is 6.61 Å². The van der Waals surface area contributed by atoms with Crippen LogP contribution in [0.1, 0.15) is 43.6 Å². The molecule has 0 saturated carbocycles. The highest BCUT2D eigenvalue weighted by atomic mass is 16.2. The molecule has 0 fully saturated rings. The lowest BCUT2D eigenvalue weighted by molar-refractivity contribution is 0.0924. The number of amides is 1. The second-order valence-electron chi connectivity index (χ2n) is 5.83. The molecule has 1 aromatic carbocycles. The topological polar surface area (TPSA) is 49.3 Å². The van der Waals surface area contributed by atoms with E-state index in [2.05, 4.69) is 44.9 Å². The van der Waals surface area contributed by atoms with Crippen LogP contribution in [-0.2, 0) is 0 Å². The largest absolute Gasteiger partial charge is 0.384 e. The molecule has 0 bridgehead atoms. The van der Waals surface area contributed by atoms with Gasteiger partial charge in [-0.2, -0.15) is 0 Å². The molecular formula is C17H23NO2. The van der Waals surface area contributed by atoms with Crippen molar-refractivity contribution in [3.8, 4) is 11.8 Å². The number of aliphatic hydroxyl groups excluding tert-OH is 1. The fourth-order valence-electron chi connectivity index (χ4n) is 1.53. The summed E-state index contributed by atoms with van der Waals surface area (Å²) in [6.45, 7) is 8.96. The van der Waals surface area contributed by atoms with Crippen LogP contribution in [0, 0.1) is 23.2 Å². The number of hydrogen-bond donors (Lipinski definition) is 2. The van der Waals surface area contributed by atoms with Crippen LogP contribution < -0.4 is 5.32 Å². The zero-order chi connectivity index (χ0) is 15.2. The maximum absolute atomic E-state index is 12.3. The summed E-state index contributed by atoms with van der Waals surface area (Å²) in [5.74, 6) is 5.73. The van der Waals surface area contributed by atoms with Crippen molar-refractivity contribution in [2.45, 2.75) is 27.7 Å². The lowest BCUT2D eigenvalue weighted by Gasteiger charge is -2.29. The molecule has 1 rings (SSSR count). The summed E-state index contributed by atoms with van der Waals surface area (Å²) in [5, 5.41) is 11.7. The van der Waals surface area contributed by atoms with Crippen molar-refractivity contribution in [1.82, 2.24) is 5.32 Å². The number of aliphatic hydroxyl groups is 1. The Balaban J connectivity index is 2.83. The van der Waals surface area contributed by atoms with Crippen LogP contribution in [0.5, 0.6) is 0 Å². The van der Waals surface area contributed by atoms with Gasteiger partial charge in [-0.1, -0.05) is 51.7 Å². The van der Waals surface area contributed by atoms with E-state index in [1.165, 1.54) is 0 Å². The van der Waals surface area contributed by atoms with Crippen molar-refractivity contribution >= 4 is 5.91 Å². The van der Waals surface area contributed by atoms with Crippen molar-refractivity contribution in [2.75, 3.05) is 13.2 Å². The smallest absolute Gasteiger partial charge is 0.252 e. The van der Waals surface area contributed by atoms with Gasteiger partial charge in [-0.25, -0.2) is 0 Å². The van der Waals surface area contributed by atoms with Gasteiger partial charge in [0.05, 0.1) is 5.56 Å². The van der Waals surface area contributed by atoms with E-state index in [-0.39, 0.29) is 17.9 Å². The van der Waals surface area contributed by atoms with Crippen molar-refractivity contribution in [3.05, 3.63) is 35.4 Å². The fourth-order valence-corrected chi connectivity index (χ4v) is 1.53. The second kappa shape index (κ2) is 7.12. The molecule has 0 unspecified atom stereocenters. The van der Waals surface area contributed by atoms with Crippen LogP contribution in [0.2, 0.25) is 0 Å². The van der Waals surface area contributed by atoms with Gasteiger partial charge in [-0.15, -0.1) is 0 Å². The molecule has 0 aromatic heterocycles. The summed E-state index contributed by atoms with van der Waals surface area (Å²) < 4.78 is 0. The van der Waals surface area contributed by atoms with E-state index >= 15 is 0 Å². The average Bonchev–Trinajstić information content (AvgIpc) is 2.42. The van der Waals surface area contributed by atoms with Crippen molar-refractivity contribution in [3.63, 3.8) is 0 Å². The van der Waals surface area contributed by atoms with Gasteiger partial charge in [0.2, 0.25) is 0 Å². The number of nitrogens with one attached hydrogen (secondary N) is 1.